The predicted molar refractivity (Wildman–Crippen MR) is 124 cm³/mol. The molecule has 5 nitrogen and oxygen atoms in total. The lowest BCUT2D eigenvalue weighted by atomic mass is 9.97. The number of nitrogens with one attached hydrogen (secondary N) is 1. The van der Waals surface area contributed by atoms with E-state index in [9.17, 15) is 9.18 Å². The van der Waals surface area contributed by atoms with Crippen molar-refractivity contribution in [1.82, 2.24) is 15.5 Å². The summed E-state index contributed by atoms with van der Waals surface area (Å²) in [6.45, 7) is 6.41. The van der Waals surface area contributed by atoms with Gasteiger partial charge in [-0.05, 0) is 78.8 Å². The number of benzene rings is 2. The normalized spacial score (nSPS) is 11.6. The van der Waals surface area contributed by atoms with E-state index in [1.165, 1.54) is 12.1 Å². The standard InChI is InChI=1S/C25H27ClFN3O2/c1-4-5-6-19(22-15-20(26)8-7-17(22)3)9-10-28-25(31)24-29-23(32-30-24)14-18-11-16(2)12-21(27)13-18/h6-8,11-13,15H,4-5,9-10,14H2,1-3H3,(H,28,31). The molecule has 0 atom stereocenters. The number of allylic oxidation sites excluding steroid dienone is 1. The highest BCUT2D eigenvalue weighted by molar-refractivity contribution is 6.30. The molecule has 0 aliphatic heterocycles. The second-order valence-corrected chi connectivity index (χ2v) is 8.24. The number of aryl methyl sites for hydroxylation is 2. The van der Waals surface area contributed by atoms with Crippen molar-refractivity contribution in [3.8, 4) is 0 Å². The van der Waals surface area contributed by atoms with E-state index in [1.54, 1.807) is 0 Å². The second kappa shape index (κ2) is 11.0. The Hall–Kier alpha value is -2.99. The second-order valence-electron chi connectivity index (χ2n) is 7.81. The maximum absolute atomic E-state index is 13.6. The number of unbranched alkanes of at least 4 members (excludes halogenated alkanes) is 1. The van der Waals surface area contributed by atoms with Gasteiger partial charge in [0.25, 0.3) is 11.7 Å². The zero-order valence-corrected chi connectivity index (χ0v) is 19.3. The topological polar surface area (TPSA) is 68.0 Å². The minimum atomic E-state index is -0.409. The summed E-state index contributed by atoms with van der Waals surface area (Å²) in [6, 6.07) is 10.5. The van der Waals surface area contributed by atoms with Gasteiger partial charge in [-0.1, -0.05) is 48.3 Å². The molecule has 0 aliphatic rings. The number of hydrogen-bond donors (Lipinski definition) is 1. The third-order valence-corrected chi connectivity index (χ3v) is 5.27. The molecule has 0 unspecified atom stereocenters. The summed E-state index contributed by atoms with van der Waals surface area (Å²) in [7, 11) is 0. The average Bonchev–Trinajstić information content (AvgIpc) is 3.20. The van der Waals surface area contributed by atoms with Gasteiger partial charge in [0, 0.05) is 11.6 Å². The van der Waals surface area contributed by atoms with Gasteiger partial charge in [-0.25, -0.2) is 4.39 Å². The lowest BCUT2D eigenvalue weighted by Gasteiger charge is -2.12. The van der Waals surface area contributed by atoms with E-state index in [2.05, 4.69) is 28.5 Å². The van der Waals surface area contributed by atoms with Crippen LogP contribution in [0.3, 0.4) is 0 Å². The van der Waals surface area contributed by atoms with Gasteiger partial charge >= 0.3 is 0 Å². The number of hydrogen-bond acceptors (Lipinski definition) is 4. The first-order valence-electron chi connectivity index (χ1n) is 10.7. The van der Waals surface area contributed by atoms with Crippen molar-refractivity contribution in [3.05, 3.63) is 87.3 Å². The number of amides is 1. The fourth-order valence-corrected chi connectivity index (χ4v) is 3.67. The third kappa shape index (κ3) is 6.50. The van der Waals surface area contributed by atoms with Crippen LogP contribution < -0.4 is 5.32 Å². The summed E-state index contributed by atoms with van der Waals surface area (Å²) in [4.78, 5) is 16.6. The maximum atomic E-state index is 13.6. The first-order valence-corrected chi connectivity index (χ1v) is 11.1. The molecule has 3 rings (SSSR count). The Morgan fingerprint density at radius 3 is 2.78 bits per heavy atom. The fraction of sp³-hybridized carbons (Fsp3) is 0.320. The number of rotatable bonds is 9. The van der Waals surface area contributed by atoms with Gasteiger partial charge in [0.15, 0.2) is 0 Å². The largest absolute Gasteiger partial charge is 0.349 e. The summed E-state index contributed by atoms with van der Waals surface area (Å²) >= 11 is 6.19. The van der Waals surface area contributed by atoms with Crippen molar-refractivity contribution < 1.29 is 13.7 Å². The van der Waals surface area contributed by atoms with Crippen LogP contribution in [0.5, 0.6) is 0 Å². The first kappa shape index (κ1) is 23.7. The average molecular weight is 456 g/mol. The van der Waals surface area contributed by atoms with Gasteiger partial charge in [-0.3, -0.25) is 4.79 Å². The molecule has 0 spiro atoms. The molecule has 0 saturated carbocycles. The lowest BCUT2D eigenvalue weighted by molar-refractivity contribution is 0.0941. The molecule has 0 saturated heterocycles. The molecule has 32 heavy (non-hydrogen) atoms. The summed E-state index contributed by atoms with van der Waals surface area (Å²) < 4.78 is 18.8. The molecule has 1 amide bonds. The Balaban J connectivity index is 1.61. The van der Waals surface area contributed by atoms with E-state index in [4.69, 9.17) is 16.1 Å². The monoisotopic (exact) mass is 455 g/mol. The van der Waals surface area contributed by atoms with Crippen molar-refractivity contribution in [2.45, 2.75) is 46.5 Å². The van der Waals surface area contributed by atoms with E-state index in [0.717, 1.165) is 35.1 Å². The molecule has 1 aromatic heterocycles. The molecule has 0 bridgehead atoms. The lowest BCUT2D eigenvalue weighted by Crippen LogP contribution is -2.25. The van der Waals surface area contributed by atoms with Crippen molar-refractivity contribution >= 4 is 23.1 Å². The van der Waals surface area contributed by atoms with Gasteiger partial charge < -0.3 is 9.84 Å². The van der Waals surface area contributed by atoms with Crippen molar-refractivity contribution in [2.75, 3.05) is 6.54 Å². The molecule has 0 fully saturated rings. The van der Waals surface area contributed by atoms with Crippen LogP contribution >= 0.6 is 11.6 Å². The molecule has 168 valence electrons. The zero-order valence-electron chi connectivity index (χ0n) is 18.5. The Morgan fingerprint density at radius 1 is 1.22 bits per heavy atom. The van der Waals surface area contributed by atoms with E-state index in [-0.39, 0.29) is 24.0 Å². The van der Waals surface area contributed by atoms with Crippen LogP contribution in [0.2, 0.25) is 5.02 Å². The first-order chi connectivity index (χ1) is 15.4. The fourth-order valence-electron chi connectivity index (χ4n) is 3.50. The van der Waals surface area contributed by atoms with Crippen LogP contribution in [-0.2, 0) is 6.42 Å². The van der Waals surface area contributed by atoms with E-state index in [1.807, 2.05) is 38.1 Å². The SMILES string of the molecule is CCCC=C(CCNC(=O)c1noc(Cc2cc(C)cc(F)c2)n1)c1cc(Cl)ccc1C. The number of carbonyl (C=O) groups is 1. The van der Waals surface area contributed by atoms with Gasteiger partial charge in [-0.2, -0.15) is 4.98 Å². The molecule has 2 aromatic carbocycles. The minimum Gasteiger partial charge on any atom is -0.349 e. The van der Waals surface area contributed by atoms with E-state index >= 15 is 0 Å². The molecule has 1 heterocycles. The van der Waals surface area contributed by atoms with Crippen molar-refractivity contribution in [3.63, 3.8) is 0 Å². The smallest absolute Gasteiger partial charge is 0.292 e. The van der Waals surface area contributed by atoms with Crippen molar-refractivity contribution in [2.24, 2.45) is 0 Å². The minimum absolute atomic E-state index is 0.0360. The summed E-state index contributed by atoms with van der Waals surface area (Å²) in [5.41, 5.74) is 4.88. The van der Waals surface area contributed by atoms with Crippen LogP contribution in [0.25, 0.3) is 5.57 Å². The Kier molecular flexibility index (Phi) is 8.17. The van der Waals surface area contributed by atoms with Gasteiger partial charge in [0.2, 0.25) is 5.89 Å². The number of carbonyl (C=O) groups excluding carboxylic acids is 1. The molecule has 0 aliphatic carbocycles. The number of aromatic nitrogens is 2. The highest BCUT2D eigenvalue weighted by Gasteiger charge is 2.15. The summed E-state index contributed by atoms with van der Waals surface area (Å²) in [6.07, 6.45) is 5.09. The molecular formula is C25H27ClFN3O2. The molecular weight excluding hydrogens is 429 g/mol. The van der Waals surface area contributed by atoms with Gasteiger partial charge in [-0.15, -0.1) is 0 Å². The quantitative estimate of drug-likeness (QED) is 0.425. The summed E-state index contributed by atoms with van der Waals surface area (Å²) in [5.74, 6) is -0.503. The van der Waals surface area contributed by atoms with Crippen molar-refractivity contribution in [1.29, 1.82) is 0 Å². The van der Waals surface area contributed by atoms with Gasteiger partial charge in [0.1, 0.15) is 5.82 Å². The zero-order chi connectivity index (χ0) is 23.1. The maximum Gasteiger partial charge on any atom is 0.292 e. The number of halogens is 2. The van der Waals surface area contributed by atoms with Crippen LogP contribution in [0.1, 0.15) is 64.9 Å². The Morgan fingerprint density at radius 2 is 2.03 bits per heavy atom. The molecule has 1 N–H and O–H groups in total. The molecule has 7 heteroatoms. The van der Waals surface area contributed by atoms with Gasteiger partial charge in [0.05, 0.1) is 6.42 Å². The van der Waals surface area contributed by atoms with Crippen LogP contribution in [0.4, 0.5) is 4.39 Å². The highest BCUT2D eigenvalue weighted by Crippen LogP contribution is 2.26. The highest BCUT2D eigenvalue weighted by atomic mass is 35.5. The predicted octanol–water partition coefficient (Wildman–Crippen LogP) is 6.07. The van der Waals surface area contributed by atoms with Crippen LogP contribution in [0, 0.1) is 19.7 Å². The molecule has 0 radical (unpaired) electrons. The third-order valence-electron chi connectivity index (χ3n) is 5.03. The molecule has 3 aromatic rings. The summed E-state index contributed by atoms with van der Waals surface area (Å²) in [5, 5.41) is 7.30. The number of nitrogens with zero attached hydrogens (tertiary/aromatic N) is 2. The Bertz CT molecular complexity index is 1100. The van der Waals surface area contributed by atoms with E-state index < -0.39 is 5.91 Å². The van der Waals surface area contributed by atoms with E-state index in [0.29, 0.717) is 23.6 Å². The van der Waals surface area contributed by atoms with Crippen LogP contribution in [0.15, 0.2) is 47.0 Å². The Labute approximate surface area is 192 Å². The van der Waals surface area contributed by atoms with Crippen LogP contribution in [-0.4, -0.2) is 22.6 Å².